The lowest BCUT2D eigenvalue weighted by atomic mass is 10.1. The molecule has 0 saturated carbocycles. The van der Waals surface area contributed by atoms with E-state index in [9.17, 15) is 4.79 Å². The van der Waals surface area contributed by atoms with Crippen molar-refractivity contribution in [3.8, 4) is 16.3 Å². The number of hydrogen-bond donors (Lipinski definition) is 0. The highest BCUT2D eigenvalue weighted by Crippen LogP contribution is 2.30. The van der Waals surface area contributed by atoms with Crippen molar-refractivity contribution in [2.24, 2.45) is 5.92 Å². The number of hydrogen-bond acceptors (Lipinski definition) is 6. The van der Waals surface area contributed by atoms with Gasteiger partial charge in [-0.15, -0.1) is 10.2 Å². The fraction of sp³-hybridized carbons (Fsp3) is 0.263. The van der Waals surface area contributed by atoms with Crippen molar-refractivity contribution in [2.45, 2.75) is 13.8 Å². The molecule has 2 heterocycles. The number of para-hydroxylation sites is 1. The SMILES string of the molecule is COc1ccccc1C(=O)N(CC(C)C)c1nnc(-c2cccnc2)s1. The molecule has 0 fully saturated rings. The van der Waals surface area contributed by atoms with Gasteiger partial charge in [-0.2, -0.15) is 0 Å². The largest absolute Gasteiger partial charge is 0.496 e. The quantitative estimate of drug-likeness (QED) is 0.660. The Bertz CT molecular complexity index is 880. The van der Waals surface area contributed by atoms with Crippen LogP contribution < -0.4 is 9.64 Å². The van der Waals surface area contributed by atoms with E-state index in [-0.39, 0.29) is 11.8 Å². The summed E-state index contributed by atoms with van der Waals surface area (Å²) < 4.78 is 5.34. The van der Waals surface area contributed by atoms with Crippen molar-refractivity contribution in [3.05, 3.63) is 54.4 Å². The predicted octanol–water partition coefficient (Wildman–Crippen LogP) is 3.91. The van der Waals surface area contributed by atoms with Crippen LogP contribution in [0.5, 0.6) is 5.75 Å². The van der Waals surface area contributed by atoms with Crippen molar-refractivity contribution in [1.29, 1.82) is 0 Å². The van der Waals surface area contributed by atoms with Crippen LogP contribution in [0, 0.1) is 5.92 Å². The van der Waals surface area contributed by atoms with Crippen molar-refractivity contribution in [3.63, 3.8) is 0 Å². The maximum Gasteiger partial charge on any atom is 0.263 e. The Labute approximate surface area is 156 Å². The van der Waals surface area contributed by atoms with Crippen molar-refractivity contribution in [2.75, 3.05) is 18.6 Å². The molecule has 0 N–H and O–H groups in total. The highest BCUT2D eigenvalue weighted by Gasteiger charge is 2.25. The standard InChI is InChI=1S/C19H20N4O2S/c1-13(2)12-23(18(24)15-8-4-5-9-16(15)25-3)19-22-21-17(26-19)14-7-6-10-20-11-14/h4-11,13H,12H2,1-3H3. The highest BCUT2D eigenvalue weighted by atomic mass is 32.1. The van der Waals surface area contributed by atoms with Crippen LogP contribution in [-0.4, -0.2) is 34.7 Å². The molecule has 1 amide bonds. The molecule has 0 unspecified atom stereocenters. The van der Waals surface area contributed by atoms with E-state index in [2.05, 4.69) is 29.0 Å². The normalized spacial score (nSPS) is 10.8. The first-order chi connectivity index (χ1) is 12.6. The molecule has 0 aliphatic heterocycles. The van der Waals surface area contributed by atoms with Crippen LogP contribution in [-0.2, 0) is 0 Å². The van der Waals surface area contributed by atoms with Gasteiger partial charge in [0.15, 0.2) is 5.01 Å². The molecule has 0 aliphatic rings. The second-order valence-electron chi connectivity index (χ2n) is 6.14. The van der Waals surface area contributed by atoms with Gasteiger partial charge in [-0.25, -0.2) is 0 Å². The molecule has 2 aromatic heterocycles. The number of anilines is 1. The topological polar surface area (TPSA) is 68.2 Å². The molecular weight excluding hydrogens is 348 g/mol. The minimum Gasteiger partial charge on any atom is -0.496 e. The van der Waals surface area contributed by atoms with Gasteiger partial charge < -0.3 is 4.74 Å². The monoisotopic (exact) mass is 368 g/mol. The molecular formula is C19H20N4O2S. The van der Waals surface area contributed by atoms with Gasteiger partial charge in [-0.05, 0) is 30.2 Å². The Morgan fingerprint density at radius 1 is 1.19 bits per heavy atom. The molecule has 3 aromatic rings. The van der Waals surface area contributed by atoms with Gasteiger partial charge in [0, 0.05) is 24.5 Å². The zero-order valence-corrected chi connectivity index (χ0v) is 15.7. The summed E-state index contributed by atoms with van der Waals surface area (Å²) in [6.07, 6.45) is 3.45. The summed E-state index contributed by atoms with van der Waals surface area (Å²) in [5.74, 6) is 0.674. The van der Waals surface area contributed by atoms with E-state index >= 15 is 0 Å². The summed E-state index contributed by atoms with van der Waals surface area (Å²) in [6, 6.07) is 11.0. The maximum absolute atomic E-state index is 13.2. The number of carbonyl (C=O) groups excluding carboxylic acids is 1. The van der Waals surface area contributed by atoms with E-state index in [1.807, 2.05) is 24.3 Å². The van der Waals surface area contributed by atoms with E-state index in [1.165, 1.54) is 11.3 Å². The number of rotatable bonds is 6. The smallest absolute Gasteiger partial charge is 0.263 e. The Balaban J connectivity index is 1.96. The maximum atomic E-state index is 13.2. The number of carbonyl (C=O) groups is 1. The minimum atomic E-state index is -0.148. The summed E-state index contributed by atoms with van der Waals surface area (Å²) in [6.45, 7) is 4.66. The first-order valence-corrected chi connectivity index (χ1v) is 9.10. The number of amides is 1. The van der Waals surface area contributed by atoms with Crippen LogP contribution in [0.3, 0.4) is 0 Å². The van der Waals surface area contributed by atoms with Crippen molar-refractivity contribution in [1.82, 2.24) is 15.2 Å². The molecule has 6 nitrogen and oxygen atoms in total. The van der Waals surface area contributed by atoms with Gasteiger partial charge in [0.2, 0.25) is 5.13 Å². The number of aromatic nitrogens is 3. The number of ether oxygens (including phenoxy) is 1. The van der Waals surface area contributed by atoms with E-state index in [4.69, 9.17) is 4.74 Å². The van der Waals surface area contributed by atoms with Gasteiger partial charge in [-0.3, -0.25) is 14.7 Å². The molecule has 7 heteroatoms. The van der Waals surface area contributed by atoms with Crippen LogP contribution in [0.25, 0.3) is 10.6 Å². The van der Waals surface area contributed by atoms with Crippen LogP contribution in [0.2, 0.25) is 0 Å². The molecule has 0 atom stereocenters. The minimum absolute atomic E-state index is 0.148. The van der Waals surface area contributed by atoms with E-state index in [1.54, 1.807) is 36.5 Å². The van der Waals surface area contributed by atoms with Crippen LogP contribution >= 0.6 is 11.3 Å². The summed E-state index contributed by atoms with van der Waals surface area (Å²) in [4.78, 5) is 19.0. The van der Waals surface area contributed by atoms with Crippen molar-refractivity contribution >= 4 is 22.4 Å². The molecule has 0 saturated heterocycles. The van der Waals surface area contributed by atoms with Gasteiger partial charge in [-0.1, -0.05) is 37.3 Å². The number of nitrogens with zero attached hydrogens (tertiary/aromatic N) is 4. The van der Waals surface area contributed by atoms with Gasteiger partial charge >= 0.3 is 0 Å². The average Bonchev–Trinajstić information content (AvgIpc) is 3.16. The Morgan fingerprint density at radius 3 is 2.69 bits per heavy atom. The number of pyridine rings is 1. The van der Waals surface area contributed by atoms with E-state index < -0.39 is 0 Å². The second kappa shape index (κ2) is 8.05. The molecule has 0 bridgehead atoms. The summed E-state index contributed by atoms with van der Waals surface area (Å²) in [5.41, 5.74) is 1.39. The molecule has 0 aliphatic carbocycles. The zero-order valence-electron chi connectivity index (χ0n) is 14.9. The Kier molecular flexibility index (Phi) is 5.58. The molecule has 0 radical (unpaired) electrons. The molecule has 1 aromatic carbocycles. The third-order valence-corrected chi connectivity index (χ3v) is 4.68. The van der Waals surface area contributed by atoms with Crippen LogP contribution in [0.15, 0.2) is 48.8 Å². The van der Waals surface area contributed by atoms with E-state index in [0.29, 0.717) is 23.0 Å². The molecule has 134 valence electrons. The third kappa shape index (κ3) is 3.88. The summed E-state index contributed by atoms with van der Waals surface area (Å²) >= 11 is 1.37. The number of methoxy groups -OCH3 is 1. The highest BCUT2D eigenvalue weighted by molar-refractivity contribution is 7.18. The zero-order chi connectivity index (χ0) is 18.5. The second-order valence-corrected chi connectivity index (χ2v) is 7.10. The summed E-state index contributed by atoms with van der Waals surface area (Å²) in [7, 11) is 1.56. The van der Waals surface area contributed by atoms with Crippen molar-refractivity contribution < 1.29 is 9.53 Å². The Morgan fingerprint density at radius 2 is 2.00 bits per heavy atom. The van der Waals surface area contributed by atoms with Gasteiger partial charge in [0.25, 0.3) is 5.91 Å². The predicted molar refractivity (Wildman–Crippen MR) is 103 cm³/mol. The van der Waals surface area contributed by atoms with Crippen LogP contribution in [0.1, 0.15) is 24.2 Å². The fourth-order valence-corrected chi connectivity index (χ4v) is 3.35. The first-order valence-electron chi connectivity index (χ1n) is 8.29. The molecule has 3 rings (SSSR count). The van der Waals surface area contributed by atoms with Gasteiger partial charge in [0.05, 0.1) is 12.7 Å². The molecule has 26 heavy (non-hydrogen) atoms. The summed E-state index contributed by atoms with van der Waals surface area (Å²) in [5, 5.41) is 9.78. The molecule has 0 spiro atoms. The lowest BCUT2D eigenvalue weighted by molar-refractivity contribution is 0.0980. The Hall–Kier alpha value is -2.80. The first kappa shape index (κ1) is 18.0. The average molecular weight is 368 g/mol. The number of benzene rings is 1. The fourth-order valence-electron chi connectivity index (χ4n) is 2.51. The lowest BCUT2D eigenvalue weighted by Crippen LogP contribution is -2.34. The van der Waals surface area contributed by atoms with Gasteiger partial charge in [0.1, 0.15) is 5.75 Å². The van der Waals surface area contributed by atoms with Crippen LogP contribution in [0.4, 0.5) is 5.13 Å². The lowest BCUT2D eigenvalue weighted by Gasteiger charge is -2.22. The van der Waals surface area contributed by atoms with E-state index in [0.717, 1.165) is 10.6 Å². The third-order valence-electron chi connectivity index (χ3n) is 3.68.